The SMILES string of the molecule is CCNC(=O)CCNc1cccc(OC(C)C)c1[N+](=O)[O-]. The second kappa shape index (κ2) is 8.08. The molecule has 7 nitrogen and oxygen atoms in total. The minimum absolute atomic E-state index is 0.0951. The molecule has 0 aliphatic carbocycles. The third-order valence-corrected chi connectivity index (χ3v) is 2.59. The first kappa shape index (κ1) is 16.7. The molecule has 0 aliphatic rings. The van der Waals surface area contributed by atoms with Crippen LogP contribution in [0.2, 0.25) is 0 Å². The van der Waals surface area contributed by atoms with E-state index in [1.807, 2.05) is 6.92 Å². The molecule has 0 radical (unpaired) electrons. The summed E-state index contributed by atoms with van der Waals surface area (Å²) in [6, 6.07) is 4.84. The Balaban J connectivity index is 2.81. The summed E-state index contributed by atoms with van der Waals surface area (Å²) in [4.78, 5) is 22.1. The standard InChI is InChI=1S/C14H21N3O4/c1-4-15-13(18)8-9-16-11-6-5-7-12(21-10(2)3)14(11)17(19)20/h5-7,10,16H,4,8-9H2,1-3H3,(H,15,18). The van der Waals surface area contributed by atoms with Crippen LogP contribution in [-0.2, 0) is 4.79 Å². The number of nitrogens with zero attached hydrogens (tertiary/aromatic N) is 1. The molecule has 1 rings (SSSR count). The van der Waals surface area contributed by atoms with E-state index in [1.54, 1.807) is 32.0 Å². The number of hydrogen-bond donors (Lipinski definition) is 2. The number of nitro benzene ring substituents is 1. The summed E-state index contributed by atoms with van der Waals surface area (Å²) in [5.41, 5.74) is 0.240. The van der Waals surface area contributed by atoms with Crippen LogP contribution in [-0.4, -0.2) is 30.0 Å². The lowest BCUT2D eigenvalue weighted by atomic mass is 10.2. The number of nitrogens with one attached hydrogen (secondary N) is 2. The summed E-state index contributed by atoms with van der Waals surface area (Å²) in [5.74, 6) is 0.125. The number of hydrogen-bond acceptors (Lipinski definition) is 5. The van der Waals surface area contributed by atoms with Gasteiger partial charge in [-0.25, -0.2) is 0 Å². The molecule has 0 saturated carbocycles. The molecule has 0 fully saturated rings. The van der Waals surface area contributed by atoms with Crippen LogP contribution in [0.4, 0.5) is 11.4 Å². The summed E-state index contributed by atoms with van der Waals surface area (Å²) in [5, 5.41) is 16.8. The van der Waals surface area contributed by atoms with Crippen LogP contribution < -0.4 is 15.4 Å². The fourth-order valence-electron chi connectivity index (χ4n) is 1.80. The molecular formula is C14H21N3O4. The second-order valence-corrected chi connectivity index (χ2v) is 4.71. The van der Waals surface area contributed by atoms with Crippen molar-refractivity contribution in [3.8, 4) is 5.75 Å². The number of rotatable bonds is 8. The quantitative estimate of drug-likeness (QED) is 0.567. The van der Waals surface area contributed by atoms with Crippen molar-refractivity contribution in [2.45, 2.75) is 33.3 Å². The highest BCUT2D eigenvalue weighted by Crippen LogP contribution is 2.35. The zero-order chi connectivity index (χ0) is 15.8. The van der Waals surface area contributed by atoms with Crippen molar-refractivity contribution in [3.63, 3.8) is 0 Å². The van der Waals surface area contributed by atoms with E-state index in [0.29, 0.717) is 18.8 Å². The first-order chi connectivity index (χ1) is 9.95. The van der Waals surface area contributed by atoms with Crippen LogP contribution in [0.25, 0.3) is 0 Å². The molecule has 116 valence electrons. The highest BCUT2D eigenvalue weighted by Gasteiger charge is 2.21. The van der Waals surface area contributed by atoms with Gasteiger partial charge in [-0.1, -0.05) is 6.07 Å². The first-order valence-corrected chi connectivity index (χ1v) is 6.90. The van der Waals surface area contributed by atoms with E-state index in [4.69, 9.17) is 4.74 Å². The highest BCUT2D eigenvalue weighted by molar-refractivity contribution is 5.77. The van der Waals surface area contributed by atoms with E-state index in [0.717, 1.165) is 0 Å². The zero-order valence-corrected chi connectivity index (χ0v) is 12.5. The summed E-state index contributed by atoms with van der Waals surface area (Å²) in [6.07, 6.45) is 0.0922. The third-order valence-electron chi connectivity index (χ3n) is 2.59. The number of benzene rings is 1. The van der Waals surface area contributed by atoms with E-state index in [1.165, 1.54) is 0 Å². The Kier molecular flexibility index (Phi) is 6.45. The molecule has 0 aromatic heterocycles. The summed E-state index contributed by atoms with van der Waals surface area (Å²) in [7, 11) is 0. The monoisotopic (exact) mass is 295 g/mol. The maximum absolute atomic E-state index is 11.4. The Morgan fingerprint density at radius 1 is 1.43 bits per heavy atom. The third kappa shape index (κ3) is 5.29. The van der Waals surface area contributed by atoms with E-state index < -0.39 is 4.92 Å². The molecule has 1 aromatic carbocycles. The van der Waals surface area contributed by atoms with Gasteiger partial charge in [0.05, 0.1) is 11.0 Å². The fraction of sp³-hybridized carbons (Fsp3) is 0.500. The van der Waals surface area contributed by atoms with Gasteiger partial charge in [0, 0.05) is 19.5 Å². The second-order valence-electron chi connectivity index (χ2n) is 4.71. The number of carbonyl (C=O) groups excluding carboxylic acids is 1. The van der Waals surface area contributed by atoms with Crippen LogP contribution in [0.15, 0.2) is 18.2 Å². The van der Waals surface area contributed by atoms with E-state index in [-0.39, 0.29) is 29.9 Å². The van der Waals surface area contributed by atoms with Crippen LogP contribution in [0.1, 0.15) is 27.2 Å². The van der Waals surface area contributed by atoms with Gasteiger partial charge in [-0.05, 0) is 32.9 Å². The maximum atomic E-state index is 11.4. The minimum Gasteiger partial charge on any atom is -0.484 e. The van der Waals surface area contributed by atoms with Crippen molar-refractivity contribution in [1.82, 2.24) is 5.32 Å². The molecule has 0 unspecified atom stereocenters. The molecule has 7 heteroatoms. The largest absolute Gasteiger partial charge is 0.484 e. The van der Waals surface area contributed by atoms with Gasteiger partial charge in [0.2, 0.25) is 5.91 Å². The molecule has 0 bridgehead atoms. The van der Waals surface area contributed by atoms with Gasteiger partial charge in [0.25, 0.3) is 0 Å². The molecule has 21 heavy (non-hydrogen) atoms. The predicted molar refractivity (Wildman–Crippen MR) is 80.7 cm³/mol. The van der Waals surface area contributed by atoms with Crippen molar-refractivity contribution >= 4 is 17.3 Å². The van der Waals surface area contributed by atoms with E-state index >= 15 is 0 Å². The maximum Gasteiger partial charge on any atom is 0.333 e. The van der Waals surface area contributed by atoms with Gasteiger partial charge in [-0.2, -0.15) is 0 Å². The van der Waals surface area contributed by atoms with Gasteiger partial charge >= 0.3 is 5.69 Å². The fourth-order valence-corrected chi connectivity index (χ4v) is 1.80. The summed E-state index contributed by atoms with van der Waals surface area (Å²) < 4.78 is 5.45. The molecule has 0 heterocycles. The van der Waals surface area contributed by atoms with Crippen LogP contribution in [0.3, 0.4) is 0 Å². The lowest BCUT2D eigenvalue weighted by molar-refractivity contribution is -0.385. The number of nitro groups is 1. The molecular weight excluding hydrogens is 274 g/mol. The number of anilines is 1. The Morgan fingerprint density at radius 2 is 2.14 bits per heavy atom. The number of para-hydroxylation sites is 1. The minimum atomic E-state index is -0.480. The van der Waals surface area contributed by atoms with Gasteiger partial charge < -0.3 is 15.4 Å². The Morgan fingerprint density at radius 3 is 2.71 bits per heavy atom. The first-order valence-electron chi connectivity index (χ1n) is 6.90. The molecule has 0 atom stereocenters. The van der Waals surface area contributed by atoms with Gasteiger partial charge in [-0.3, -0.25) is 14.9 Å². The summed E-state index contributed by atoms with van der Waals surface area (Å²) >= 11 is 0. The zero-order valence-electron chi connectivity index (χ0n) is 12.5. The topological polar surface area (TPSA) is 93.5 Å². The average Bonchev–Trinajstić information content (AvgIpc) is 2.38. The number of amides is 1. The van der Waals surface area contributed by atoms with Crippen LogP contribution in [0, 0.1) is 10.1 Å². The van der Waals surface area contributed by atoms with E-state index in [2.05, 4.69) is 10.6 Å². The van der Waals surface area contributed by atoms with E-state index in [9.17, 15) is 14.9 Å². The van der Waals surface area contributed by atoms with Crippen LogP contribution >= 0.6 is 0 Å². The predicted octanol–water partition coefficient (Wildman–Crippen LogP) is 2.32. The Hall–Kier alpha value is -2.31. The molecule has 1 amide bonds. The Bertz CT molecular complexity index is 503. The summed E-state index contributed by atoms with van der Waals surface area (Å²) in [6.45, 7) is 6.33. The van der Waals surface area contributed by atoms with Crippen LogP contribution in [0.5, 0.6) is 5.75 Å². The average molecular weight is 295 g/mol. The van der Waals surface area contributed by atoms with Gasteiger partial charge in [-0.15, -0.1) is 0 Å². The molecule has 2 N–H and O–H groups in total. The highest BCUT2D eigenvalue weighted by atomic mass is 16.6. The Labute approximate surface area is 123 Å². The van der Waals surface area contributed by atoms with Crippen molar-refractivity contribution in [2.24, 2.45) is 0 Å². The number of carbonyl (C=O) groups is 1. The van der Waals surface area contributed by atoms with Gasteiger partial charge in [0.15, 0.2) is 5.75 Å². The lowest BCUT2D eigenvalue weighted by Gasteiger charge is -2.13. The lowest BCUT2D eigenvalue weighted by Crippen LogP contribution is -2.24. The molecule has 0 aliphatic heterocycles. The molecule has 1 aromatic rings. The van der Waals surface area contributed by atoms with Crippen molar-refractivity contribution in [1.29, 1.82) is 0 Å². The van der Waals surface area contributed by atoms with Crippen molar-refractivity contribution in [3.05, 3.63) is 28.3 Å². The smallest absolute Gasteiger partial charge is 0.333 e. The van der Waals surface area contributed by atoms with Gasteiger partial charge in [0.1, 0.15) is 5.69 Å². The van der Waals surface area contributed by atoms with Crippen molar-refractivity contribution in [2.75, 3.05) is 18.4 Å². The normalized spacial score (nSPS) is 10.3. The number of ether oxygens (including phenoxy) is 1. The van der Waals surface area contributed by atoms with Crippen molar-refractivity contribution < 1.29 is 14.5 Å². The molecule has 0 saturated heterocycles. The molecule has 0 spiro atoms.